The maximum Gasteiger partial charge on any atom is 0.258 e. The highest BCUT2D eigenvalue weighted by atomic mass is 35.5. The number of nitrogens with zero attached hydrogens (tertiary/aromatic N) is 2. The molecule has 0 saturated heterocycles. The highest BCUT2D eigenvalue weighted by molar-refractivity contribution is 7.98. The average Bonchev–Trinajstić information content (AvgIpc) is 3.30. The smallest absolute Gasteiger partial charge is 0.258 e. The largest absolute Gasteiger partial charge is 0.350 e. The van der Waals surface area contributed by atoms with E-state index in [9.17, 15) is 14.0 Å². The van der Waals surface area contributed by atoms with Gasteiger partial charge in [-0.25, -0.2) is 9.07 Å². The Bertz CT molecular complexity index is 1100. The second kappa shape index (κ2) is 8.89. The van der Waals surface area contributed by atoms with Crippen LogP contribution in [0, 0.1) is 5.82 Å². The highest BCUT2D eigenvalue weighted by Gasteiger charge is 2.25. The number of amides is 2. The monoisotopic (exact) mass is 444 g/mol. The lowest BCUT2D eigenvalue weighted by atomic mass is 10.2. The molecule has 4 rings (SSSR count). The van der Waals surface area contributed by atoms with Crippen LogP contribution in [0.25, 0.3) is 0 Å². The maximum absolute atomic E-state index is 13.0. The second-order valence-corrected chi connectivity index (χ2v) is 8.15. The molecular weight excluding hydrogens is 427 g/mol. The molecule has 1 aliphatic rings. The van der Waals surface area contributed by atoms with E-state index in [2.05, 4.69) is 15.7 Å². The molecule has 9 heteroatoms. The number of nitrogens with one attached hydrogen (secondary N) is 2. The van der Waals surface area contributed by atoms with Crippen molar-refractivity contribution >= 4 is 41.0 Å². The Kier molecular flexibility index (Phi) is 6.06. The summed E-state index contributed by atoms with van der Waals surface area (Å²) in [6, 6.07) is 12.7. The Labute approximate surface area is 181 Å². The number of rotatable bonds is 6. The van der Waals surface area contributed by atoms with Crippen LogP contribution in [0.1, 0.15) is 27.2 Å². The zero-order chi connectivity index (χ0) is 21.1. The summed E-state index contributed by atoms with van der Waals surface area (Å²) >= 11 is 7.84. The van der Waals surface area contributed by atoms with Crippen molar-refractivity contribution < 1.29 is 14.0 Å². The van der Waals surface area contributed by atoms with E-state index in [1.165, 1.54) is 16.8 Å². The zero-order valence-corrected chi connectivity index (χ0v) is 17.4. The van der Waals surface area contributed by atoms with E-state index in [1.807, 2.05) is 0 Å². The number of hydrogen-bond acceptors (Lipinski definition) is 4. The average molecular weight is 445 g/mol. The quantitative estimate of drug-likeness (QED) is 0.602. The molecule has 0 fully saturated rings. The number of anilines is 1. The van der Waals surface area contributed by atoms with Gasteiger partial charge < -0.3 is 10.6 Å². The van der Waals surface area contributed by atoms with E-state index in [0.717, 1.165) is 22.6 Å². The van der Waals surface area contributed by atoms with Gasteiger partial charge in [0.2, 0.25) is 5.91 Å². The van der Waals surface area contributed by atoms with Crippen molar-refractivity contribution in [3.8, 4) is 0 Å². The molecule has 0 aliphatic carbocycles. The van der Waals surface area contributed by atoms with Gasteiger partial charge in [-0.05, 0) is 29.8 Å². The molecule has 2 N–H and O–H groups in total. The molecule has 0 spiro atoms. The van der Waals surface area contributed by atoms with Gasteiger partial charge in [-0.1, -0.05) is 35.9 Å². The van der Waals surface area contributed by atoms with E-state index in [-0.39, 0.29) is 30.7 Å². The standard InChI is InChI=1S/C21H18ClFN4O2S/c22-17-4-2-1-3-15(17)21(29)25-20-16-11-30-12-18(16)26-27(20)10-19(28)24-9-13-5-7-14(23)8-6-13/h1-8H,9-12H2,(H,24,28)(H,25,29). The third kappa shape index (κ3) is 4.49. The number of thioether (sulfide) groups is 1. The number of carbonyl (C=O) groups excluding carboxylic acids is 2. The van der Waals surface area contributed by atoms with Crippen LogP contribution in [0.3, 0.4) is 0 Å². The van der Waals surface area contributed by atoms with Crippen LogP contribution in [0.5, 0.6) is 0 Å². The van der Waals surface area contributed by atoms with Gasteiger partial charge in [-0.3, -0.25) is 9.59 Å². The van der Waals surface area contributed by atoms with Gasteiger partial charge in [0, 0.05) is 23.6 Å². The van der Waals surface area contributed by atoms with Crippen molar-refractivity contribution in [2.24, 2.45) is 0 Å². The van der Waals surface area contributed by atoms with Crippen LogP contribution in [0.2, 0.25) is 5.02 Å². The Hall–Kier alpha value is -2.84. The van der Waals surface area contributed by atoms with E-state index >= 15 is 0 Å². The van der Waals surface area contributed by atoms with Crippen molar-refractivity contribution in [3.05, 3.63) is 81.8 Å². The lowest BCUT2D eigenvalue weighted by Crippen LogP contribution is -2.29. The lowest BCUT2D eigenvalue weighted by Gasteiger charge is -2.12. The summed E-state index contributed by atoms with van der Waals surface area (Å²) in [5.74, 6) is 1.01. The minimum Gasteiger partial charge on any atom is -0.350 e. The molecule has 1 aliphatic heterocycles. The molecule has 0 bridgehead atoms. The van der Waals surface area contributed by atoms with Crippen LogP contribution in [-0.2, 0) is 29.4 Å². The van der Waals surface area contributed by atoms with E-state index in [0.29, 0.717) is 22.2 Å². The van der Waals surface area contributed by atoms with Gasteiger partial charge in [-0.2, -0.15) is 16.9 Å². The Balaban J connectivity index is 1.48. The summed E-state index contributed by atoms with van der Waals surface area (Å²) in [6.45, 7) is 0.230. The van der Waals surface area contributed by atoms with Gasteiger partial charge in [0.15, 0.2) is 0 Å². The summed E-state index contributed by atoms with van der Waals surface area (Å²) in [4.78, 5) is 25.2. The van der Waals surface area contributed by atoms with E-state index < -0.39 is 0 Å². The number of benzene rings is 2. The number of carbonyl (C=O) groups is 2. The summed E-state index contributed by atoms with van der Waals surface area (Å²) in [5, 5.41) is 10.5. The molecule has 0 atom stereocenters. The fraction of sp³-hybridized carbons (Fsp3) is 0.190. The first-order chi connectivity index (χ1) is 14.5. The van der Waals surface area contributed by atoms with Crippen molar-refractivity contribution in [2.75, 3.05) is 5.32 Å². The molecule has 0 radical (unpaired) electrons. The maximum atomic E-state index is 13.0. The fourth-order valence-electron chi connectivity index (χ4n) is 3.14. The SMILES string of the molecule is O=C(Cn1nc2c(c1NC(=O)c1ccccc1Cl)CSC2)NCc1ccc(F)cc1. The summed E-state index contributed by atoms with van der Waals surface area (Å²) in [7, 11) is 0. The number of hydrogen-bond donors (Lipinski definition) is 2. The summed E-state index contributed by atoms with van der Waals surface area (Å²) in [6.07, 6.45) is 0. The molecular formula is C21H18ClFN4O2S. The summed E-state index contributed by atoms with van der Waals surface area (Å²) < 4.78 is 14.5. The van der Waals surface area contributed by atoms with Gasteiger partial charge in [0.1, 0.15) is 18.2 Å². The van der Waals surface area contributed by atoms with Crippen molar-refractivity contribution in [3.63, 3.8) is 0 Å². The third-order valence-corrected chi connectivity index (χ3v) is 5.97. The molecule has 0 unspecified atom stereocenters. The van der Waals surface area contributed by atoms with Crippen molar-refractivity contribution in [2.45, 2.75) is 24.6 Å². The molecule has 6 nitrogen and oxygen atoms in total. The number of aromatic nitrogens is 2. The Morgan fingerprint density at radius 1 is 1.13 bits per heavy atom. The Morgan fingerprint density at radius 2 is 1.90 bits per heavy atom. The molecule has 0 saturated carbocycles. The van der Waals surface area contributed by atoms with Gasteiger partial charge in [-0.15, -0.1) is 0 Å². The summed E-state index contributed by atoms with van der Waals surface area (Å²) in [5.41, 5.74) is 2.93. The van der Waals surface area contributed by atoms with Crippen LogP contribution < -0.4 is 10.6 Å². The van der Waals surface area contributed by atoms with Crippen LogP contribution >= 0.6 is 23.4 Å². The van der Waals surface area contributed by atoms with Crippen LogP contribution in [0.4, 0.5) is 10.2 Å². The first-order valence-corrected chi connectivity index (χ1v) is 10.8. The predicted molar refractivity (Wildman–Crippen MR) is 115 cm³/mol. The molecule has 2 amide bonds. The topological polar surface area (TPSA) is 76.0 Å². The van der Waals surface area contributed by atoms with Crippen molar-refractivity contribution in [1.82, 2.24) is 15.1 Å². The first kappa shape index (κ1) is 20.4. The predicted octanol–water partition coefficient (Wildman–Crippen LogP) is 3.99. The lowest BCUT2D eigenvalue weighted by molar-refractivity contribution is -0.122. The van der Waals surface area contributed by atoms with E-state index in [1.54, 1.807) is 48.2 Å². The molecule has 2 heterocycles. The number of fused-ring (bicyclic) bond motifs is 1. The first-order valence-electron chi connectivity index (χ1n) is 9.24. The highest BCUT2D eigenvalue weighted by Crippen LogP contribution is 2.35. The Morgan fingerprint density at radius 3 is 2.67 bits per heavy atom. The van der Waals surface area contributed by atoms with Crippen LogP contribution in [-0.4, -0.2) is 21.6 Å². The molecule has 30 heavy (non-hydrogen) atoms. The minimum atomic E-state index is -0.354. The van der Waals surface area contributed by atoms with Gasteiger partial charge in [0.05, 0.1) is 16.3 Å². The normalized spacial score (nSPS) is 12.5. The second-order valence-electron chi connectivity index (χ2n) is 6.76. The van der Waals surface area contributed by atoms with Crippen LogP contribution in [0.15, 0.2) is 48.5 Å². The van der Waals surface area contributed by atoms with Gasteiger partial charge >= 0.3 is 0 Å². The number of halogens is 2. The minimum absolute atomic E-state index is 0.0446. The van der Waals surface area contributed by atoms with E-state index in [4.69, 9.17) is 11.6 Å². The van der Waals surface area contributed by atoms with Gasteiger partial charge in [0.25, 0.3) is 5.91 Å². The third-order valence-electron chi connectivity index (χ3n) is 4.67. The van der Waals surface area contributed by atoms with Crippen molar-refractivity contribution in [1.29, 1.82) is 0 Å². The zero-order valence-electron chi connectivity index (χ0n) is 15.8. The molecule has 1 aromatic heterocycles. The molecule has 154 valence electrons. The fourth-order valence-corrected chi connectivity index (χ4v) is 4.39. The molecule has 2 aromatic carbocycles. The molecule has 3 aromatic rings.